The third-order valence-corrected chi connectivity index (χ3v) is 6.34. The number of nitro benzene ring substituents is 3. The Morgan fingerprint density at radius 2 is 1.43 bits per heavy atom. The first-order valence-corrected chi connectivity index (χ1v) is 11.5. The molecule has 1 atom stereocenters. The summed E-state index contributed by atoms with van der Waals surface area (Å²) in [6, 6.07) is 2.70. The molecule has 2 N–H and O–H groups in total. The van der Waals surface area contributed by atoms with E-state index in [2.05, 4.69) is 13.2 Å². The van der Waals surface area contributed by atoms with Crippen molar-refractivity contribution in [2.24, 2.45) is 5.41 Å². The fourth-order valence-corrected chi connectivity index (χ4v) is 4.21. The van der Waals surface area contributed by atoms with Gasteiger partial charge in [0.2, 0.25) is 0 Å². The van der Waals surface area contributed by atoms with Crippen LogP contribution in [0.5, 0.6) is 0 Å². The topological polar surface area (TPSA) is 257 Å². The average molecular weight is 585 g/mol. The molecule has 0 radical (unpaired) electrons. The molecular weight excluding hydrogens is 566 g/mol. The standard InChI is InChI=1S/C25H19N3O14/c1-3-18(31)23(42-19(32)4-2)25(9-29,10-30)11-41-24(34)12-5-14-20(16(6-12)27(37)38)21-15(22(14)33)7-13(26(35)36)8-17(21)28(39)40/h3-8,23,29-30H,1-2,9-11H2. The molecule has 0 heterocycles. The van der Waals surface area contributed by atoms with E-state index in [1.165, 1.54) is 0 Å². The SMILES string of the molecule is C=CC(=O)OC(C(=O)C=C)C(CO)(CO)COC(=O)c1cc2c(c([N+](=O)[O-])c1)-c1c(cc([N+](=O)[O-])cc1[N+](=O)[O-])C2=O. The lowest BCUT2D eigenvalue weighted by Crippen LogP contribution is -2.51. The van der Waals surface area contributed by atoms with Crippen LogP contribution in [-0.4, -0.2) is 74.4 Å². The molecule has 218 valence electrons. The first kappa shape index (κ1) is 30.9. The van der Waals surface area contributed by atoms with Gasteiger partial charge >= 0.3 is 11.9 Å². The number of carbonyl (C=O) groups is 4. The van der Waals surface area contributed by atoms with Crippen LogP contribution in [0.4, 0.5) is 17.1 Å². The van der Waals surface area contributed by atoms with Gasteiger partial charge < -0.3 is 19.7 Å². The molecule has 0 spiro atoms. The zero-order chi connectivity index (χ0) is 31.5. The number of aliphatic hydroxyl groups is 2. The Kier molecular flexibility index (Phi) is 8.69. The summed E-state index contributed by atoms with van der Waals surface area (Å²) in [5.41, 5.74) is -7.73. The highest BCUT2D eigenvalue weighted by atomic mass is 16.6. The van der Waals surface area contributed by atoms with Crippen molar-refractivity contribution in [2.75, 3.05) is 19.8 Å². The smallest absolute Gasteiger partial charge is 0.338 e. The van der Waals surface area contributed by atoms with Gasteiger partial charge in [0.1, 0.15) is 6.61 Å². The summed E-state index contributed by atoms with van der Waals surface area (Å²) < 4.78 is 10.0. The van der Waals surface area contributed by atoms with Gasteiger partial charge in [0, 0.05) is 29.3 Å². The van der Waals surface area contributed by atoms with Crippen LogP contribution in [0.1, 0.15) is 26.3 Å². The largest absolute Gasteiger partial charge is 0.461 e. The Balaban J connectivity index is 2.09. The number of rotatable bonds is 13. The van der Waals surface area contributed by atoms with Gasteiger partial charge in [0.25, 0.3) is 17.1 Å². The van der Waals surface area contributed by atoms with Crippen molar-refractivity contribution in [3.8, 4) is 11.1 Å². The fraction of sp³-hybridized carbons (Fsp3) is 0.200. The van der Waals surface area contributed by atoms with Crippen molar-refractivity contribution in [3.63, 3.8) is 0 Å². The van der Waals surface area contributed by atoms with Crippen molar-refractivity contribution in [1.82, 2.24) is 0 Å². The van der Waals surface area contributed by atoms with Gasteiger partial charge in [-0.1, -0.05) is 13.2 Å². The molecule has 17 nitrogen and oxygen atoms in total. The van der Waals surface area contributed by atoms with E-state index < -0.39 is 114 Å². The molecule has 2 aromatic carbocycles. The number of nitro groups is 3. The molecular formula is C25H19N3O14. The molecule has 17 heteroatoms. The molecule has 0 saturated heterocycles. The van der Waals surface area contributed by atoms with Crippen LogP contribution >= 0.6 is 0 Å². The van der Waals surface area contributed by atoms with Crippen LogP contribution in [-0.2, 0) is 19.1 Å². The van der Waals surface area contributed by atoms with Crippen molar-refractivity contribution in [2.45, 2.75) is 6.10 Å². The summed E-state index contributed by atoms with van der Waals surface area (Å²) >= 11 is 0. The molecule has 0 amide bonds. The summed E-state index contributed by atoms with van der Waals surface area (Å²) in [5, 5.41) is 54.8. The molecule has 3 rings (SSSR count). The second kappa shape index (κ2) is 11.8. The highest BCUT2D eigenvalue weighted by molar-refractivity contribution is 6.25. The van der Waals surface area contributed by atoms with Crippen LogP contribution in [0.3, 0.4) is 0 Å². The number of carbonyl (C=O) groups excluding carboxylic acids is 4. The quantitative estimate of drug-likeness (QED) is 0.125. The minimum Gasteiger partial charge on any atom is -0.461 e. The van der Waals surface area contributed by atoms with Crippen molar-refractivity contribution >= 4 is 40.6 Å². The van der Waals surface area contributed by atoms with E-state index in [1.807, 2.05) is 0 Å². The molecule has 0 aliphatic heterocycles. The zero-order valence-corrected chi connectivity index (χ0v) is 21.2. The number of aliphatic hydroxyl groups excluding tert-OH is 2. The Hall–Kier alpha value is -5.68. The summed E-state index contributed by atoms with van der Waals surface area (Å²) in [7, 11) is 0. The van der Waals surface area contributed by atoms with E-state index in [9.17, 15) is 59.7 Å². The normalized spacial score (nSPS) is 12.4. The highest BCUT2D eigenvalue weighted by Gasteiger charge is 2.46. The van der Waals surface area contributed by atoms with E-state index in [0.29, 0.717) is 24.3 Å². The van der Waals surface area contributed by atoms with Crippen molar-refractivity contribution in [3.05, 3.63) is 96.6 Å². The summed E-state index contributed by atoms with van der Waals surface area (Å²) in [5.74, 6) is -4.58. The number of benzene rings is 2. The Bertz CT molecular complexity index is 1590. The lowest BCUT2D eigenvalue weighted by atomic mass is 9.82. The van der Waals surface area contributed by atoms with Crippen LogP contribution < -0.4 is 0 Å². The van der Waals surface area contributed by atoms with E-state index in [-0.39, 0.29) is 0 Å². The van der Waals surface area contributed by atoms with Crippen LogP contribution in [0, 0.1) is 35.8 Å². The van der Waals surface area contributed by atoms with Gasteiger partial charge in [-0.2, -0.15) is 0 Å². The van der Waals surface area contributed by atoms with Crippen molar-refractivity contribution in [1.29, 1.82) is 0 Å². The first-order valence-electron chi connectivity index (χ1n) is 11.5. The Morgan fingerprint density at radius 1 is 0.881 bits per heavy atom. The minimum atomic E-state index is -2.13. The number of esters is 2. The molecule has 0 fully saturated rings. The van der Waals surface area contributed by atoms with Gasteiger partial charge in [-0.25, -0.2) is 9.59 Å². The zero-order valence-electron chi connectivity index (χ0n) is 21.2. The van der Waals surface area contributed by atoms with Crippen LogP contribution in [0.2, 0.25) is 0 Å². The number of non-ortho nitro benzene ring substituents is 1. The molecule has 42 heavy (non-hydrogen) atoms. The molecule has 2 aromatic rings. The average Bonchev–Trinajstić information content (AvgIpc) is 3.26. The number of nitrogens with zero attached hydrogens (tertiary/aromatic N) is 3. The Labute approximate surface area is 233 Å². The van der Waals surface area contributed by atoms with Gasteiger partial charge in [0.15, 0.2) is 17.7 Å². The molecule has 1 aliphatic carbocycles. The third kappa shape index (κ3) is 5.36. The molecule has 0 bridgehead atoms. The van der Waals surface area contributed by atoms with E-state index in [1.54, 1.807) is 0 Å². The van der Waals surface area contributed by atoms with Crippen LogP contribution in [0.25, 0.3) is 11.1 Å². The highest BCUT2D eigenvalue weighted by Crippen LogP contribution is 2.49. The molecule has 0 aromatic heterocycles. The molecule has 0 saturated carbocycles. The fourth-order valence-electron chi connectivity index (χ4n) is 4.21. The lowest BCUT2D eigenvalue weighted by Gasteiger charge is -2.34. The van der Waals surface area contributed by atoms with E-state index >= 15 is 0 Å². The number of hydrogen-bond donors (Lipinski definition) is 2. The van der Waals surface area contributed by atoms with Gasteiger partial charge in [-0.3, -0.25) is 39.9 Å². The van der Waals surface area contributed by atoms with Gasteiger partial charge in [-0.05, 0) is 12.1 Å². The van der Waals surface area contributed by atoms with Gasteiger partial charge in [0.05, 0.1) is 56.2 Å². The summed E-state index contributed by atoms with van der Waals surface area (Å²) in [6.45, 7) is 3.26. The maximum atomic E-state index is 13.1. The number of ether oxygens (including phenoxy) is 2. The predicted molar refractivity (Wildman–Crippen MR) is 137 cm³/mol. The van der Waals surface area contributed by atoms with E-state index in [0.717, 1.165) is 12.1 Å². The molecule has 1 aliphatic rings. The Morgan fingerprint density at radius 3 is 1.90 bits per heavy atom. The van der Waals surface area contributed by atoms with Crippen LogP contribution in [0.15, 0.2) is 49.6 Å². The lowest BCUT2D eigenvalue weighted by molar-refractivity contribution is -0.394. The second-order valence-electron chi connectivity index (χ2n) is 8.79. The van der Waals surface area contributed by atoms with Crippen molar-refractivity contribution < 1.29 is 53.6 Å². The van der Waals surface area contributed by atoms with E-state index in [4.69, 9.17) is 9.47 Å². The predicted octanol–water partition coefficient (Wildman–Crippen LogP) is 1.60. The number of hydrogen-bond acceptors (Lipinski definition) is 14. The summed E-state index contributed by atoms with van der Waals surface area (Å²) in [4.78, 5) is 82.1. The molecule has 1 unspecified atom stereocenters. The number of ketones is 2. The minimum absolute atomic E-state index is 0.538. The second-order valence-corrected chi connectivity index (χ2v) is 8.79. The monoisotopic (exact) mass is 585 g/mol. The number of fused-ring (bicyclic) bond motifs is 3. The summed E-state index contributed by atoms with van der Waals surface area (Å²) in [6.07, 6.45) is -0.503. The third-order valence-electron chi connectivity index (χ3n) is 6.34. The van der Waals surface area contributed by atoms with Gasteiger partial charge in [-0.15, -0.1) is 0 Å². The first-order chi connectivity index (χ1) is 19.8. The maximum absolute atomic E-state index is 13.1. The maximum Gasteiger partial charge on any atom is 0.338 e.